The molecular weight excluding hydrogens is 1250 g/mol. The van der Waals surface area contributed by atoms with E-state index in [-0.39, 0.29) is 76.1 Å². The number of aliphatic hydroxyl groups excluding tert-OH is 6. The zero-order valence-corrected chi connectivity index (χ0v) is 57.2. The minimum absolute atomic E-state index is 0. The molecule has 0 bridgehead atoms. The minimum Gasteiger partial charge on any atom is -0.411 e. The van der Waals surface area contributed by atoms with Gasteiger partial charge in [0.05, 0.1) is 68.4 Å². The first kappa shape index (κ1) is 76.6. The van der Waals surface area contributed by atoms with Gasteiger partial charge in [0.1, 0.15) is 61.0 Å². The highest BCUT2D eigenvalue weighted by atomic mass is 28.4. The van der Waals surface area contributed by atoms with Crippen molar-refractivity contribution in [1.29, 1.82) is 0 Å². The van der Waals surface area contributed by atoms with Crippen molar-refractivity contribution in [3.8, 4) is 0 Å². The van der Waals surface area contributed by atoms with E-state index in [1.165, 1.54) is 17.0 Å². The van der Waals surface area contributed by atoms with Crippen molar-refractivity contribution in [2.24, 2.45) is 23.7 Å². The molecule has 28 nitrogen and oxygen atoms in total. The van der Waals surface area contributed by atoms with Crippen molar-refractivity contribution < 1.29 is 64.2 Å². The molecule has 2 aliphatic carbocycles. The van der Waals surface area contributed by atoms with Crippen LogP contribution in [0.3, 0.4) is 0 Å². The third-order valence-corrected chi connectivity index (χ3v) is 28.1. The second kappa shape index (κ2) is 32.1. The second-order valence-corrected chi connectivity index (χ2v) is 37.4. The van der Waals surface area contributed by atoms with Gasteiger partial charge < -0.3 is 68.4 Å². The Labute approximate surface area is 542 Å². The summed E-state index contributed by atoms with van der Waals surface area (Å²) in [5.41, 5.74) is -3.10. The number of aliphatic hydroxyl groups is 6. The number of aromatic amines is 6. The SMILES string of the molecule is C.CC[C@H]1O[C@@H](c2c[nH]c(=O)[nH]c2=O)C(O[Si](C)(C)C(C)(C)C)[C@H]1C.CC[C@H]1O[C@@H](c2cn(CC3CC3)c(=O)[nH]c2=O)C(O[Si](C)(C)C(C)(C)C)[C@H]1C.O=c1[nH]c(=O)n(CC2CC2)cc1[C@@H]1O[C@H](CO)[C@H](O)C1O.O=c1[nH]cc([C@@H]2O[C@H](CO)[C@H](O)C2O)c(=O)[nH]1.[2H]CF. The minimum atomic E-state index is -2.05. The number of hydrogen-bond donors (Lipinski definition) is 12. The summed E-state index contributed by atoms with van der Waals surface area (Å²) in [5, 5.41) is 57.0. The summed E-state index contributed by atoms with van der Waals surface area (Å²) in [5.74, 6) is 1.35. The van der Waals surface area contributed by atoms with Crippen molar-refractivity contribution in [2.45, 2.75) is 250 Å². The number of nitrogens with one attached hydrogen (secondary N) is 6. The van der Waals surface area contributed by atoms with E-state index in [9.17, 15) is 63.2 Å². The van der Waals surface area contributed by atoms with Crippen LogP contribution >= 0.6 is 0 Å². The van der Waals surface area contributed by atoms with Gasteiger partial charge in [0.25, 0.3) is 22.2 Å². The number of aromatic nitrogens is 8. The van der Waals surface area contributed by atoms with Crippen molar-refractivity contribution in [3.05, 3.63) is 130 Å². The first-order valence-corrected chi connectivity index (χ1v) is 37.3. The normalized spacial score (nSPS) is 29.5. The van der Waals surface area contributed by atoms with E-state index in [4.69, 9.17) is 39.4 Å². The Kier molecular flexibility index (Phi) is 26.4. The lowest BCUT2D eigenvalue weighted by atomic mass is 9.95. The Bertz CT molecular complexity index is 3610. The Balaban J connectivity index is 0.000000226. The molecule has 4 aliphatic heterocycles. The molecule has 93 heavy (non-hydrogen) atoms. The molecule has 0 amide bonds. The average Bonchev–Trinajstić information content (AvgIpc) is 1.80. The van der Waals surface area contributed by atoms with Crippen molar-refractivity contribution in [2.75, 3.05) is 20.4 Å². The van der Waals surface area contributed by atoms with Gasteiger partial charge in [0.2, 0.25) is 0 Å². The van der Waals surface area contributed by atoms with Gasteiger partial charge in [0.15, 0.2) is 16.6 Å². The van der Waals surface area contributed by atoms with Crippen LogP contribution in [0.5, 0.6) is 0 Å². The molecule has 6 fully saturated rings. The standard InChI is InChI=1S/C21H36N2O4Si.C17H30N2O4Si.C13H18N2O6.C9H12N2O6.CH3F.CH4/c1-8-16-13(2)17(27-28(6,7)21(3,4)5)18(26-16)15-12-23(11-14-9-10-14)20(25)22-19(15)24;1-8-12-10(2)13(23-24(6,7)17(3,4)5)14(22-12)11-9-18-16(21)19-15(11)20;16-5-8-9(17)10(18)11(21-8)7-4-15(3-6-1-2-6)13(20)14-12(7)19;12-2-4-5(13)6(14)7(17-4)3-1-10-9(16)11-8(3)15;1-2;/h12-14,16-18H,8-11H2,1-7H3,(H,22,24,25);9-10,12-14H,8H2,1-7H3,(H2,18,19,20,21);4,6,8-11,16-18H,1-3,5H2,(H,14,19,20);1,4-7,12-14H,2H2,(H2,10,11,15,16);1H3;1H4/t13-,16+,17?,18-;10-,12+,13?,14-;8-,9+,10?,11+;4-,5+,6?,7+;;/m0011../s1/i;;;;1D;. The zero-order valence-electron chi connectivity index (χ0n) is 56.2. The van der Waals surface area contributed by atoms with Crippen LogP contribution < -0.4 is 45.0 Å². The first-order chi connectivity index (χ1) is 43.4. The van der Waals surface area contributed by atoms with Gasteiger partial charge >= 0.3 is 22.8 Å². The first-order valence-electron chi connectivity index (χ1n) is 32.2. The maximum atomic E-state index is 12.7. The van der Waals surface area contributed by atoms with Gasteiger partial charge in [-0.15, -0.1) is 0 Å². The van der Waals surface area contributed by atoms with Gasteiger partial charge in [-0.25, -0.2) is 19.2 Å². The van der Waals surface area contributed by atoms with Crippen LogP contribution in [-0.2, 0) is 40.9 Å². The van der Waals surface area contributed by atoms with Crippen LogP contribution in [0.1, 0.15) is 163 Å². The summed E-state index contributed by atoms with van der Waals surface area (Å²) < 4.78 is 54.9. The highest BCUT2D eigenvalue weighted by Crippen LogP contribution is 2.47. The summed E-state index contributed by atoms with van der Waals surface area (Å²) in [6.45, 7) is 30.8. The van der Waals surface area contributed by atoms with Crippen LogP contribution in [0.4, 0.5) is 4.39 Å². The quantitative estimate of drug-likeness (QED) is 0.0716. The van der Waals surface area contributed by atoms with Gasteiger partial charge in [-0.05, 0) is 86.6 Å². The smallest absolute Gasteiger partial charge is 0.328 e. The maximum absolute atomic E-state index is 12.7. The number of hydrogen-bond acceptors (Lipinski definition) is 20. The van der Waals surface area contributed by atoms with Gasteiger partial charge in [-0.2, -0.15) is 0 Å². The number of halogens is 1. The lowest BCUT2D eigenvalue weighted by Crippen LogP contribution is -2.47. The summed E-state index contributed by atoms with van der Waals surface area (Å²) in [7, 11) is -5.07. The highest BCUT2D eigenvalue weighted by molar-refractivity contribution is 6.74. The maximum Gasteiger partial charge on any atom is 0.328 e. The van der Waals surface area contributed by atoms with Crippen molar-refractivity contribution in [3.63, 3.8) is 0 Å². The molecule has 4 unspecified atom stereocenters. The third-order valence-electron chi connectivity index (χ3n) is 19.1. The summed E-state index contributed by atoms with van der Waals surface area (Å²) in [4.78, 5) is 108. The molecule has 2 saturated carbocycles. The van der Waals surface area contributed by atoms with E-state index in [0.29, 0.717) is 36.1 Å². The fourth-order valence-corrected chi connectivity index (χ4v) is 13.8. The highest BCUT2D eigenvalue weighted by Gasteiger charge is 2.52. The Morgan fingerprint density at radius 1 is 0.538 bits per heavy atom. The van der Waals surface area contributed by atoms with E-state index in [1.54, 1.807) is 10.8 Å². The summed E-state index contributed by atoms with van der Waals surface area (Å²) in [6.07, 6.45) is 1.33. The molecule has 0 aromatic carbocycles. The molecule has 10 rings (SSSR count). The monoisotopic (exact) mass is 1360 g/mol. The number of H-pyrrole nitrogens is 6. The second-order valence-electron chi connectivity index (χ2n) is 27.9. The van der Waals surface area contributed by atoms with Gasteiger partial charge in [0, 0.05) is 49.7 Å². The lowest BCUT2D eigenvalue weighted by molar-refractivity contribution is -0.0233. The molecule has 4 aromatic heterocycles. The lowest BCUT2D eigenvalue weighted by Gasteiger charge is -2.40. The van der Waals surface area contributed by atoms with Crippen LogP contribution in [0.15, 0.2) is 63.1 Å². The number of ether oxygens (including phenoxy) is 4. The van der Waals surface area contributed by atoms with Crippen LogP contribution in [0.25, 0.3) is 0 Å². The fourth-order valence-electron chi connectivity index (χ4n) is 11.0. The van der Waals surface area contributed by atoms with Crippen molar-refractivity contribution >= 4 is 16.6 Å². The summed E-state index contributed by atoms with van der Waals surface area (Å²) >= 11 is 0. The molecular formula is C62H103FN8O20Si2. The molecule has 31 heteroatoms. The van der Waals surface area contributed by atoms with Gasteiger partial charge in [-0.3, -0.25) is 52.6 Å². The van der Waals surface area contributed by atoms with E-state index < -0.39 is 132 Å². The van der Waals surface area contributed by atoms with E-state index in [0.717, 1.165) is 44.7 Å². The Morgan fingerprint density at radius 2 is 0.839 bits per heavy atom. The van der Waals surface area contributed by atoms with Crippen LogP contribution in [0.2, 0.25) is 36.3 Å². The molecule has 6 aliphatic rings. The summed E-state index contributed by atoms with van der Waals surface area (Å²) in [6, 6.07) is 0. The predicted octanol–water partition coefficient (Wildman–Crippen LogP) is 3.30. The van der Waals surface area contributed by atoms with E-state index >= 15 is 0 Å². The fraction of sp³-hybridized carbons (Fsp3) is 0.742. The van der Waals surface area contributed by atoms with Gasteiger partial charge in [-0.1, -0.05) is 76.7 Å². The molecule has 0 spiro atoms. The average molecular weight is 1360 g/mol. The van der Waals surface area contributed by atoms with E-state index in [1.807, 2.05) is 4.98 Å². The Hall–Kier alpha value is -5.40. The Morgan fingerprint density at radius 3 is 1.14 bits per heavy atom. The molecule has 4 saturated heterocycles. The molecule has 16 atom stereocenters. The molecule has 0 radical (unpaired) electrons. The number of rotatable bonds is 16. The van der Waals surface area contributed by atoms with Crippen molar-refractivity contribution in [1.82, 2.24) is 39.0 Å². The molecule has 4 aromatic rings. The molecule has 526 valence electrons. The number of alkyl halides is 1. The topological polar surface area (TPSA) is 418 Å². The van der Waals surface area contributed by atoms with Crippen LogP contribution in [-0.4, -0.2) is 168 Å². The predicted molar refractivity (Wildman–Crippen MR) is 349 cm³/mol. The molecule has 8 heterocycles. The third kappa shape index (κ3) is 18.6. The number of nitrogens with zero attached hydrogens (tertiary/aromatic N) is 2. The molecule has 12 N–H and O–H groups in total. The van der Waals surface area contributed by atoms with Crippen LogP contribution in [0, 0.1) is 23.7 Å². The largest absolute Gasteiger partial charge is 0.411 e. The zero-order chi connectivity index (χ0) is 69.6. The van der Waals surface area contributed by atoms with E-state index in [2.05, 4.69) is 120 Å².